The first-order valence-electron chi connectivity index (χ1n) is 28.8. The second-order valence-electron chi connectivity index (χ2n) is 18.8. The quantitative estimate of drug-likeness (QED) is 0.0345. The maximum Gasteiger partial charge on any atom is 0.306 e. The molecule has 1 atom stereocenters. The maximum absolute atomic E-state index is 12.8. The molecule has 0 aromatic carbocycles. The molecule has 0 bridgehead atoms. The van der Waals surface area contributed by atoms with Gasteiger partial charge in [-0.1, -0.05) is 234 Å². The number of carbonyl (C=O) groups is 2. The van der Waals surface area contributed by atoms with Gasteiger partial charge in [-0.25, -0.2) is 0 Å². The molecule has 0 aromatic rings. The lowest BCUT2D eigenvalue weighted by Crippen LogP contribution is -2.30. The molecule has 5 heteroatoms. The Hall–Kier alpha value is -3.18. The van der Waals surface area contributed by atoms with Gasteiger partial charge in [-0.05, 0) is 116 Å². The average molecular weight is 946 g/mol. The second kappa shape index (κ2) is 58.1. The van der Waals surface area contributed by atoms with Crippen molar-refractivity contribution in [2.24, 2.45) is 0 Å². The Kier molecular flexibility index (Phi) is 55.4. The number of esters is 2. The van der Waals surface area contributed by atoms with Crippen LogP contribution in [0, 0.1) is 0 Å². The van der Waals surface area contributed by atoms with Gasteiger partial charge >= 0.3 is 11.9 Å². The van der Waals surface area contributed by atoms with E-state index < -0.39 is 6.10 Å². The molecular weight excluding hydrogens is 837 g/mol. The van der Waals surface area contributed by atoms with E-state index in [1.54, 1.807) is 0 Å². The molecule has 0 amide bonds. The summed E-state index contributed by atoms with van der Waals surface area (Å²) in [5.74, 6) is -0.440. The van der Waals surface area contributed by atoms with Gasteiger partial charge in [0.1, 0.15) is 6.61 Å². The fourth-order valence-electron chi connectivity index (χ4n) is 7.81. The van der Waals surface area contributed by atoms with Gasteiger partial charge in [0.25, 0.3) is 0 Å². The molecule has 390 valence electrons. The topological polar surface area (TPSA) is 61.8 Å². The van der Waals surface area contributed by atoms with E-state index in [0.29, 0.717) is 19.4 Å². The number of rotatable bonds is 52. The van der Waals surface area contributed by atoms with Crippen molar-refractivity contribution in [1.82, 2.24) is 0 Å². The highest BCUT2D eigenvalue weighted by atomic mass is 16.6. The molecule has 68 heavy (non-hydrogen) atoms. The lowest BCUT2D eigenvalue weighted by molar-refractivity contribution is -0.163. The fourth-order valence-corrected chi connectivity index (χ4v) is 7.81. The van der Waals surface area contributed by atoms with Gasteiger partial charge in [0.05, 0.1) is 6.61 Å². The van der Waals surface area contributed by atoms with Gasteiger partial charge in [-0.2, -0.15) is 0 Å². The van der Waals surface area contributed by atoms with Crippen LogP contribution in [0.3, 0.4) is 0 Å². The van der Waals surface area contributed by atoms with Crippen molar-refractivity contribution >= 4 is 11.9 Å². The standard InChI is InChI=1S/C63H108O5/c1-4-7-10-13-16-19-22-25-27-29-31-33-35-37-40-43-46-49-52-55-58-66-59-61(68-63(65)57-54-51-48-45-42-38-24-21-18-15-12-9-6-3)60-67-62(64)56-53-50-47-44-41-39-36-34-32-30-28-26-23-20-17-14-11-8-5-2/h7,10,16,19,21,24-28,31,33,37,40,46,49,61H,4-6,8-9,11-15,17-18,20,22-23,29-30,32,34-36,38-39,41-45,47-48,50-60H2,1-3H3/b10-7-,19-16-,24-21-,27-25-,28-26-,33-31-,40-37-,49-46-. The normalized spacial score (nSPS) is 12.9. The molecule has 5 nitrogen and oxygen atoms in total. The zero-order valence-corrected chi connectivity index (χ0v) is 44.8. The zero-order valence-electron chi connectivity index (χ0n) is 44.8. The van der Waals surface area contributed by atoms with Crippen molar-refractivity contribution in [3.8, 4) is 0 Å². The van der Waals surface area contributed by atoms with E-state index in [1.807, 2.05) is 0 Å². The first-order chi connectivity index (χ1) is 33.6. The molecule has 0 heterocycles. The third-order valence-electron chi connectivity index (χ3n) is 12.1. The van der Waals surface area contributed by atoms with Crippen LogP contribution >= 0.6 is 0 Å². The van der Waals surface area contributed by atoms with E-state index in [-0.39, 0.29) is 25.2 Å². The lowest BCUT2D eigenvalue weighted by atomic mass is 10.1. The smallest absolute Gasteiger partial charge is 0.306 e. The summed E-state index contributed by atoms with van der Waals surface area (Å²) < 4.78 is 17.4. The Morgan fingerprint density at radius 2 is 0.662 bits per heavy atom. The van der Waals surface area contributed by atoms with Gasteiger partial charge in [-0.15, -0.1) is 0 Å². The molecule has 0 radical (unpaired) electrons. The Bertz CT molecular complexity index is 1300. The molecule has 0 rings (SSSR count). The number of hydrogen-bond acceptors (Lipinski definition) is 5. The highest BCUT2D eigenvalue weighted by Crippen LogP contribution is 2.14. The van der Waals surface area contributed by atoms with Crippen LogP contribution < -0.4 is 0 Å². The zero-order chi connectivity index (χ0) is 49.2. The number of ether oxygens (including phenoxy) is 3. The van der Waals surface area contributed by atoms with Crippen molar-refractivity contribution in [2.75, 3.05) is 19.8 Å². The van der Waals surface area contributed by atoms with Crippen molar-refractivity contribution in [3.05, 3.63) is 97.2 Å². The van der Waals surface area contributed by atoms with E-state index >= 15 is 0 Å². The predicted octanol–water partition coefficient (Wildman–Crippen LogP) is 19.8. The third-order valence-corrected chi connectivity index (χ3v) is 12.1. The van der Waals surface area contributed by atoms with E-state index in [4.69, 9.17) is 14.2 Å². The third kappa shape index (κ3) is 55.4. The largest absolute Gasteiger partial charge is 0.462 e. The summed E-state index contributed by atoms with van der Waals surface area (Å²) in [5, 5.41) is 0. The van der Waals surface area contributed by atoms with Gasteiger partial charge in [0.2, 0.25) is 0 Å². The van der Waals surface area contributed by atoms with E-state index in [2.05, 4.69) is 118 Å². The number of allylic oxidation sites excluding steroid dienone is 16. The van der Waals surface area contributed by atoms with Crippen LogP contribution in [-0.4, -0.2) is 37.9 Å². The lowest BCUT2D eigenvalue weighted by Gasteiger charge is -2.18. The molecule has 0 aliphatic heterocycles. The van der Waals surface area contributed by atoms with Crippen LogP contribution in [0.15, 0.2) is 97.2 Å². The van der Waals surface area contributed by atoms with Crippen LogP contribution in [0.25, 0.3) is 0 Å². The highest BCUT2D eigenvalue weighted by molar-refractivity contribution is 5.70. The summed E-state index contributed by atoms with van der Waals surface area (Å²) in [4.78, 5) is 25.5. The summed E-state index contributed by atoms with van der Waals surface area (Å²) in [7, 11) is 0. The molecule has 0 N–H and O–H groups in total. The highest BCUT2D eigenvalue weighted by Gasteiger charge is 2.17. The van der Waals surface area contributed by atoms with Crippen molar-refractivity contribution in [1.29, 1.82) is 0 Å². The van der Waals surface area contributed by atoms with E-state index in [9.17, 15) is 9.59 Å². The summed E-state index contributed by atoms with van der Waals surface area (Å²) >= 11 is 0. The summed E-state index contributed by atoms with van der Waals surface area (Å²) in [6, 6.07) is 0. The molecule has 0 fully saturated rings. The molecular formula is C63H108O5. The van der Waals surface area contributed by atoms with Gasteiger partial charge in [0, 0.05) is 19.4 Å². The molecule has 0 saturated carbocycles. The fraction of sp³-hybridized carbons (Fsp3) is 0.714. The summed E-state index contributed by atoms with van der Waals surface area (Å²) in [6.07, 6.45) is 78.7. The minimum atomic E-state index is -0.577. The minimum Gasteiger partial charge on any atom is -0.462 e. The van der Waals surface area contributed by atoms with E-state index in [0.717, 1.165) is 96.3 Å². The Labute approximate surface area is 422 Å². The first kappa shape index (κ1) is 64.8. The van der Waals surface area contributed by atoms with Gasteiger partial charge in [-0.3, -0.25) is 9.59 Å². The molecule has 0 aliphatic carbocycles. The summed E-state index contributed by atoms with van der Waals surface area (Å²) in [6.45, 7) is 7.56. The summed E-state index contributed by atoms with van der Waals surface area (Å²) in [5.41, 5.74) is 0. The van der Waals surface area contributed by atoms with Crippen molar-refractivity contribution in [3.63, 3.8) is 0 Å². The maximum atomic E-state index is 12.8. The van der Waals surface area contributed by atoms with Gasteiger partial charge in [0.15, 0.2) is 6.10 Å². The molecule has 0 aromatic heterocycles. The van der Waals surface area contributed by atoms with Gasteiger partial charge < -0.3 is 14.2 Å². The van der Waals surface area contributed by atoms with Crippen LogP contribution in [-0.2, 0) is 23.8 Å². The average Bonchev–Trinajstić information content (AvgIpc) is 3.34. The molecule has 0 saturated heterocycles. The first-order valence-corrected chi connectivity index (χ1v) is 28.8. The van der Waals surface area contributed by atoms with Crippen molar-refractivity contribution in [2.45, 2.75) is 271 Å². The monoisotopic (exact) mass is 945 g/mol. The predicted molar refractivity (Wildman–Crippen MR) is 297 cm³/mol. The Morgan fingerprint density at radius 3 is 1.09 bits per heavy atom. The Balaban J connectivity index is 4.36. The van der Waals surface area contributed by atoms with Crippen LogP contribution in [0.4, 0.5) is 0 Å². The molecule has 0 spiro atoms. The second-order valence-corrected chi connectivity index (χ2v) is 18.8. The number of hydrogen-bond donors (Lipinski definition) is 0. The van der Waals surface area contributed by atoms with Crippen LogP contribution in [0.5, 0.6) is 0 Å². The SMILES string of the molecule is CC/C=C\C/C=C\C/C=C\C/C=C\C/C=C\C/C=C\CCCOCC(COC(=O)CCCCCCCCCCC/C=C\CCCCCCCC)OC(=O)CCCCCCC/C=C\CCCCCC. The Morgan fingerprint density at radius 1 is 0.338 bits per heavy atom. The van der Waals surface area contributed by atoms with Crippen LogP contribution in [0.2, 0.25) is 0 Å². The number of unbranched alkanes of at least 4 members (excludes halogenated alkanes) is 25. The number of carbonyl (C=O) groups excluding carboxylic acids is 2. The van der Waals surface area contributed by atoms with Crippen LogP contribution in [0.1, 0.15) is 265 Å². The molecule has 0 aliphatic rings. The van der Waals surface area contributed by atoms with Crippen molar-refractivity contribution < 1.29 is 23.8 Å². The molecule has 1 unspecified atom stereocenters. The minimum absolute atomic E-state index is 0.0543. The van der Waals surface area contributed by atoms with E-state index in [1.165, 1.54) is 135 Å².